The topological polar surface area (TPSA) is 51.8 Å². The van der Waals surface area contributed by atoms with Crippen LogP contribution in [0.2, 0.25) is 0 Å². The summed E-state index contributed by atoms with van der Waals surface area (Å²) in [6.07, 6.45) is 10.1. The molecular weight excluding hydrogens is 324 g/mol. The zero-order valence-corrected chi connectivity index (χ0v) is 15.8. The van der Waals surface area contributed by atoms with E-state index in [1.165, 1.54) is 29.8 Å². The maximum Gasteiger partial charge on any atom is 0.141 e. The van der Waals surface area contributed by atoms with Crippen LogP contribution in [-0.2, 0) is 13.6 Å². The molecular formula is C20H26N6. The lowest BCUT2D eigenvalue weighted by molar-refractivity contribution is 0.169. The van der Waals surface area contributed by atoms with Gasteiger partial charge in [-0.3, -0.25) is 14.6 Å². The van der Waals surface area contributed by atoms with Crippen LogP contribution in [0.25, 0.3) is 11.4 Å². The Bertz CT molecular complexity index is 879. The van der Waals surface area contributed by atoms with Crippen LogP contribution >= 0.6 is 0 Å². The second kappa shape index (κ2) is 7.03. The van der Waals surface area contributed by atoms with Crippen LogP contribution < -0.4 is 0 Å². The molecule has 26 heavy (non-hydrogen) atoms. The second-order valence-corrected chi connectivity index (χ2v) is 7.24. The molecule has 4 heterocycles. The lowest BCUT2D eigenvalue weighted by atomic mass is 10.0. The van der Waals surface area contributed by atoms with E-state index in [0.29, 0.717) is 6.04 Å². The van der Waals surface area contributed by atoms with Crippen LogP contribution in [0, 0.1) is 13.8 Å². The van der Waals surface area contributed by atoms with Crippen molar-refractivity contribution < 1.29 is 0 Å². The summed E-state index contributed by atoms with van der Waals surface area (Å²) in [6.45, 7) is 7.44. The van der Waals surface area contributed by atoms with E-state index >= 15 is 0 Å². The minimum absolute atomic E-state index is 0.443. The first-order valence-corrected chi connectivity index (χ1v) is 9.27. The Morgan fingerprint density at radius 2 is 2.08 bits per heavy atom. The van der Waals surface area contributed by atoms with E-state index in [1.54, 1.807) is 0 Å². The van der Waals surface area contributed by atoms with Crippen molar-refractivity contribution in [2.75, 3.05) is 13.1 Å². The highest BCUT2D eigenvalue weighted by atomic mass is 15.3. The van der Waals surface area contributed by atoms with E-state index in [1.807, 2.05) is 42.6 Å². The van der Waals surface area contributed by atoms with Crippen LogP contribution in [-0.4, -0.2) is 42.3 Å². The van der Waals surface area contributed by atoms with Gasteiger partial charge in [0, 0.05) is 67.3 Å². The van der Waals surface area contributed by atoms with Gasteiger partial charge >= 0.3 is 0 Å². The van der Waals surface area contributed by atoms with Crippen molar-refractivity contribution in [1.82, 2.24) is 29.2 Å². The number of aromatic nitrogens is 5. The third-order valence-electron chi connectivity index (χ3n) is 5.48. The molecule has 0 N–H and O–H groups in total. The van der Waals surface area contributed by atoms with Gasteiger partial charge in [-0.2, -0.15) is 5.10 Å². The second-order valence-electron chi connectivity index (χ2n) is 7.24. The summed E-state index contributed by atoms with van der Waals surface area (Å²) in [7, 11) is 2.01. The molecule has 1 unspecified atom stereocenters. The number of likely N-dealkylation sites (tertiary alicyclic amines) is 1. The number of aryl methyl sites for hydroxylation is 2. The van der Waals surface area contributed by atoms with Crippen LogP contribution in [0.15, 0.2) is 36.9 Å². The summed E-state index contributed by atoms with van der Waals surface area (Å²) in [6, 6.07) is 4.51. The highest BCUT2D eigenvalue weighted by Gasteiger charge is 2.25. The highest BCUT2D eigenvalue weighted by Crippen LogP contribution is 2.29. The summed E-state index contributed by atoms with van der Waals surface area (Å²) >= 11 is 0. The molecule has 0 aliphatic carbocycles. The number of rotatable bonds is 4. The first-order chi connectivity index (χ1) is 12.6. The smallest absolute Gasteiger partial charge is 0.141 e. The Kier molecular flexibility index (Phi) is 4.59. The maximum atomic E-state index is 4.68. The lowest BCUT2D eigenvalue weighted by Crippen LogP contribution is -2.36. The third-order valence-corrected chi connectivity index (χ3v) is 5.48. The molecule has 0 aromatic carbocycles. The summed E-state index contributed by atoms with van der Waals surface area (Å²) < 4.78 is 4.36. The van der Waals surface area contributed by atoms with Crippen LogP contribution in [0.5, 0.6) is 0 Å². The molecule has 0 radical (unpaired) electrons. The first kappa shape index (κ1) is 17.0. The molecule has 0 bridgehead atoms. The van der Waals surface area contributed by atoms with E-state index in [2.05, 4.69) is 44.4 Å². The van der Waals surface area contributed by atoms with Crippen LogP contribution in [0.1, 0.15) is 35.8 Å². The van der Waals surface area contributed by atoms with Crippen molar-refractivity contribution in [2.45, 2.75) is 39.3 Å². The summed E-state index contributed by atoms with van der Waals surface area (Å²) in [5, 5.41) is 4.39. The molecule has 3 aromatic heterocycles. The molecule has 1 aliphatic heterocycles. The van der Waals surface area contributed by atoms with Gasteiger partial charge in [0.25, 0.3) is 0 Å². The van der Waals surface area contributed by atoms with Gasteiger partial charge in [-0.15, -0.1) is 0 Å². The number of hydrogen-bond acceptors (Lipinski definition) is 4. The number of pyridine rings is 1. The molecule has 6 heteroatoms. The van der Waals surface area contributed by atoms with Gasteiger partial charge in [0.15, 0.2) is 0 Å². The van der Waals surface area contributed by atoms with Crippen LogP contribution in [0.4, 0.5) is 0 Å². The summed E-state index contributed by atoms with van der Waals surface area (Å²) in [4.78, 5) is 11.5. The molecule has 1 aliphatic rings. The fraction of sp³-hybridized carbons (Fsp3) is 0.450. The van der Waals surface area contributed by atoms with E-state index in [4.69, 9.17) is 0 Å². The average molecular weight is 350 g/mol. The quantitative estimate of drug-likeness (QED) is 0.725. The molecule has 1 atom stereocenters. The van der Waals surface area contributed by atoms with Gasteiger partial charge in [0.1, 0.15) is 5.82 Å². The van der Waals surface area contributed by atoms with Gasteiger partial charge in [-0.25, -0.2) is 4.98 Å². The number of nitrogens with zero attached hydrogens (tertiary/aromatic N) is 6. The number of piperidine rings is 1. The normalized spacial score (nSPS) is 18.3. The Balaban J connectivity index is 1.57. The average Bonchev–Trinajstić information content (AvgIpc) is 3.20. The Hall–Kier alpha value is -2.47. The fourth-order valence-electron chi connectivity index (χ4n) is 3.94. The molecule has 0 amide bonds. The Labute approximate surface area is 154 Å². The molecule has 4 rings (SSSR count). The zero-order chi connectivity index (χ0) is 18.1. The third kappa shape index (κ3) is 3.17. The fourth-order valence-corrected chi connectivity index (χ4v) is 3.94. The largest absolute Gasteiger partial charge is 0.324 e. The van der Waals surface area contributed by atoms with E-state index in [-0.39, 0.29) is 0 Å². The summed E-state index contributed by atoms with van der Waals surface area (Å²) in [5.74, 6) is 1.03. The first-order valence-electron chi connectivity index (χ1n) is 9.27. The predicted molar refractivity (Wildman–Crippen MR) is 102 cm³/mol. The zero-order valence-electron chi connectivity index (χ0n) is 15.8. The molecule has 136 valence electrons. The van der Waals surface area contributed by atoms with E-state index in [0.717, 1.165) is 31.0 Å². The van der Waals surface area contributed by atoms with Crippen molar-refractivity contribution in [3.63, 3.8) is 0 Å². The maximum absolute atomic E-state index is 4.68. The standard InChI is InChI=1S/C20H26N6/c1-15-10-22-20(17-6-4-8-21-11-17)26(15)19-7-5-9-25(14-19)13-18-12-23-24(3)16(18)2/h4,6,8,10-12,19H,5,7,9,13-14H2,1-3H3. The van der Waals surface area contributed by atoms with Crippen molar-refractivity contribution in [2.24, 2.45) is 7.05 Å². The van der Waals surface area contributed by atoms with Gasteiger partial charge in [0.2, 0.25) is 0 Å². The van der Waals surface area contributed by atoms with Crippen LogP contribution in [0.3, 0.4) is 0 Å². The predicted octanol–water partition coefficient (Wildman–Crippen LogP) is 3.13. The van der Waals surface area contributed by atoms with E-state index < -0.39 is 0 Å². The van der Waals surface area contributed by atoms with Gasteiger partial charge in [-0.05, 0) is 45.4 Å². The van der Waals surface area contributed by atoms with E-state index in [9.17, 15) is 0 Å². The summed E-state index contributed by atoms with van der Waals surface area (Å²) in [5.41, 5.74) is 4.87. The lowest BCUT2D eigenvalue weighted by Gasteiger charge is -2.34. The SMILES string of the molecule is Cc1c(CN2CCCC(n3c(C)cnc3-c3cccnc3)C2)cnn1C. The molecule has 0 saturated carbocycles. The van der Waals surface area contributed by atoms with Crippen molar-refractivity contribution in [1.29, 1.82) is 0 Å². The number of hydrogen-bond donors (Lipinski definition) is 0. The van der Waals surface area contributed by atoms with Crippen molar-refractivity contribution in [3.05, 3.63) is 53.9 Å². The molecule has 1 fully saturated rings. The minimum atomic E-state index is 0.443. The van der Waals surface area contributed by atoms with Gasteiger partial charge in [0.05, 0.1) is 6.20 Å². The monoisotopic (exact) mass is 350 g/mol. The molecule has 1 saturated heterocycles. The highest BCUT2D eigenvalue weighted by molar-refractivity contribution is 5.54. The van der Waals surface area contributed by atoms with Gasteiger partial charge < -0.3 is 4.57 Å². The molecule has 6 nitrogen and oxygen atoms in total. The Morgan fingerprint density at radius 1 is 1.19 bits per heavy atom. The number of imidazole rings is 1. The van der Waals surface area contributed by atoms with Gasteiger partial charge in [-0.1, -0.05) is 0 Å². The van der Waals surface area contributed by atoms with Crippen molar-refractivity contribution >= 4 is 0 Å². The van der Waals surface area contributed by atoms with Crippen molar-refractivity contribution in [3.8, 4) is 11.4 Å². The minimum Gasteiger partial charge on any atom is -0.324 e. The Morgan fingerprint density at radius 3 is 2.81 bits per heavy atom. The molecule has 3 aromatic rings. The molecule has 0 spiro atoms.